The van der Waals surface area contributed by atoms with E-state index in [-0.39, 0.29) is 18.3 Å². The number of ether oxygens (including phenoxy) is 1. The molecule has 0 unspecified atom stereocenters. The third-order valence-corrected chi connectivity index (χ3v) is 6.51. The van der Waals surface area contributed by atoms with Crippen LogP contribution in [0.5, 0.6) is 5.75 Å². The predicted molar refractivity (Wildman–Crippen MR) is 122 cm³/mol. The molecule has 0 aliphatic carbocycles. The minimum absolute atomic E-state index is 0. The summed E-state index contributed by atoms with van der Waals surface area (Å²) in [4.78, 5) is 17.4. The van der Waals surface area contributed by atoms with Gasteiger partial charge in [0.1, 0.15) is 5.75 Å². The number of hydrogen-bond donors (Lipinski definition) is 1. The Morgan fingerprint density at radius 3 is 2.60 bits per heavy atom. The van der Waals surface area contributed by atoms with E-state index in [4.69, 9.17) is 4.74 Å². The van der Waals surface area contributed by atoms with Gasteiger partial charge in [0.2, 0.25) is 5.91 Å². The average Bonchev–Trinajstić information content (AvgIpc) is 3.23. The zero-order chi connectivity index (χ0) is 20.4. The number of benzene rings is 2. The number of nitrogens with zero attached hydrogens (tertiary/aromatic N) is 2. The van der Waals surface area contributed by atoms with Crippen molar-refractivity contribution in [3.8, 4) is 5.75 Å². The van der Waals surface area contributed by atoms with Crippen molar-refractivity contribution in [1.29, 1.82) is 0 Å². The molecule has 1 amide bonds. The Hall–Kier alpha value is -2.08. The lowest BCUT2D eigenvalue weighted by atomic mass is 9.88. The fourth-order valence-electron chi connectivity index (χ4n) is 5.17. The largest absolute Gasteiger partial charge is 0.496 e. The maximum atomic E-state index is 12.6. The van der Waals surface area contributed by atoms with Crippen molar-refractivity contribution in [3.05, 3.63) is 65.2 Å². The molecule has 5 nitrogen and oxygen atoms in total. The molecule has 2 fully saturated rings. The van der Waals surface area contributed by atoms with Crippen LogP contribution in [0.25, 0.3) is 0 Å². The molecule has 2 saturated heterocycles. The molecule has 0 bridgehead atoms. The highest BCUT2D eigenvalue weighted by molar-refractivity contribution is 5.85. The monoisotopic (exact) mass is 429 g/mol. The molecule has 0 radical (unpaired) electrons. The van der Waals surface area contributed by atoms with Gasteiger partial charge in [0.15, 0.2) is 0 Å². The fourth-order valence-corrected chi connectivity index (χ4v) is 5.17. The maximum Gasteiger partial charge on any atom is 0.234 e. The van der Waals surface area contributed by atoms with Gasteiger partial charge in [-0.25, -0.2) is 0 Å². The number of fused-ring (bicyclic) bond motifs is 1. The molecule has 2 aromatic carbocycles. The molecule has 0 saturated carbocycles. The summed E-state index contributed by atoms with van der Waals surface area (Å²) in [6.45, 7) is 6.25. The SMILES string of the molecule is COc1ccccc1CNC(=O)CN1C[C@@H]2CN(C)[C@@H](c3ccccc3C)[C@@H]2C1.Cl. The number of likely N-dealkylation sites (tertiary alicyclic amines) is 2. The third-order valence-electron chi connectivity index (χ3n) is 6.51. The number of aryl methyl sites for hydroxylation is 1. The molecular weight excluding hydrogens is 398 g/mol. The predicted octanol–water partition coefficient (Wildman–Crippen LogP) is 3.28. The number of nitrogens with one attached hydrogen (secondary N) is 1. The van der Waals surface area contributed by atoms with Crippen molar-refractivity contribution in [1.82, 2.24) is 15.1 Å². The molecule has 4 rings (SSSR count). The first-order valence-corrected chi connectivity index (χ1v) is 10.4. The quantitative estimate of drug-likeness (QED) is 0.765. The van der Waals surface area contributed by atoms with E-state index in [9.17, 15) is 4.79 Å². The minimum atomic E-state index is 0. The average molecular weight is 430 g/mol. The number of halogens is 1. The third kappa shape index (κ3) is 4.64. The van der Waals surface area contributed by atoms with E-state index in [1.165, 1.54) is 11.1 Å². The Bertz CT molecular complexity index is 875. The van der Waals surface area contributed by atoms with Crippen LogP contribution in [0.3, 0.4) is 0 Å². The summed E-state index contributed by atoms with van der Waals surface area (Å²) < 4.78 is 5.37. The number of rotatable bonds is 6. The highest BCUT2D eigenvalue weighted by Crippen LogP contribution is 2.44. The summed E-state index contributed by atoms with van der Waals surface area (Å²) in [5.41, 5.74) is 3.80. The second-order valence-electron chi connectivity index (χ2n) is 8.45. The van der Waals surface area contributed by atoms with Crippen LogP contribution in [0.2, 0.25) is 0 Å². The van der Waals surface area contributed by atoms with Gasteiger partial charge in [-0.3, -0.25) is 14.6 Å². The number of para-hydroxylation sites is 1. The van der Waals surface area contributed by atoms with E-state index in [0.717, 1.165) is 30.9 Å². The molecule has 30 heavy (non-hydrogen) atoms. The number of carbonyl (C=O) groups is 1. The van der Waals surface area contributed by atoms with E-state index < -0.39 is 0 Å². The van der Waals surface area contributed by atoms with E-state index in [1.807, 2.05) is 24.3 Å². The lowest BCUT2D eigenvalue weighted by Gasteiger charge is -2.28. The van der Waals surface area contributed by atoms with Crippen LogP contribution >= 0.6 is 12.4 Å². The Kier molecular flexibility index (Phi) is 7.40. The topological polar surface area (TPSA) is 44.8 Å². The summed E-state index contributed by atoms with van der Waals surface area (Å²) in [5.74, 6) is 2.11. The Morgan fingerprint density at radius 1 is 1.10 bits per heavy atom. The molecule has 0 spiro atoms. The van der Waals surface area contributed by atoms with Crippen molar-refractivity contribution in [2.75, 3.05) is 40.3 Å². The number of amides is 1. The molecule has 2 heterocycles. The summed E-state index contributed by atoms with van der Waals surface area (Å²) in [6.07, 6.45) is 0. The fraction of sp³-hybridized carbons (Fsp3) is 0.458. The molecule has 2 aromatic rings. The Morgan fingerprint density at radius 2 is 1.83 bits per heavy atom. The summed E-state index contributed by atoms with van der Waals surface area (Å²) in [5, 5.41) is 3.06. The van der Waals surface area contributed by atoms with Gasteiger partial charge >= 0.3 is 0 Å². The molecule has 0 aromatic heterocycles. The van der Waals surface area contributed by atoms with Crippen molar-refractivity contribution in [3.63, 3.8) is 0 Å². The van der Waals surface area contributed by atoms with Gasteiger partial charge in [0.25, 0.3) is 0 Å². The molecule has 3 atom stereocenters. The first-order valence-electron chi connectivity index (χ1n) is 10.4. The van der Waals surface area contributed by atoms with Gasteiger partial charge in [-0.15, -0.1) is 12.4 Å². The summed E-state index contributed by atoms with van der Waals surface area (Å²) >= 11 is 0. The molecule has 6 heteroatoms. The first-order chi connectivity index (χ1) is 14.1. The lowest BCUT2D eigenvalue weighted by molar-refractivity contribution is -0.122. The van der Waals surface area contributed by atoms with E-state index in [2.05, 4.69) is 53.4 Å². The minimum Gasteiger partial charge on any atom is -0.496 e. The molecule has 1 N–H and O–H groups in total. The number of methoxy groups -OCH3 is 1. The van der Waals surface area contributed by atoms with Crippen molar-refractivity contribution < 1.29 is 9.53 Å². The zero-order valence-corrected chi connectivity index (χ0v) is 18.8. The normalized spacial score (nSPS) is 23.6. The van der Waals surface area contributed by atoms with Gasteiger partial charge in [-0.1, -0.05) is 42.5 Å². The Labute approximate surface area is 185 Å². The van der Waals surface area contributed by atoms with Crippen LogP contribution in [0, 0.1) is 18.8 Å². The van der Waals surface area contributed by atoms with Crippen molar-refractivity contribution in [2.45, 2.75) is 19.5 Å². The van der Waals surface area contributed by atoms with Crippen molar-refractivity contribution >= 4 is 18.3 Å². The van der Waals surface area contributed by atoms with Crippen molar-refractivity contribution in [2.24, 2.45) is 11.8 Å². The van der Waals surface area contributed by atoms with Crippen LogP contribution in [0.15, 0.2) is 48.5 Å². The van der Waals surface area contributed by atoms with Gasteiger partial charge in [-0.2, -0.15) is 0 Å². The summed E-state index contributed by atoms with van der Waals surface area (Å²) in [7, 11) is 3.89. The smallest absolute Gasteiger partial charge is 0.234 e. The van der Waals surface area contributed by atoms with Crippen LogP contribution in [-0.4, -0.2) is 56.0 Å². The number of hydrogen-bond acceptors (Lipinski definition) is 4. The van der Waals surface area contributed by atoms with E-state index in [1.54, 1.807) is 7.11 Å². The van der Waals surface area contributed by atoms with Crippen LogP contribution in [-0.2, 0) is 11.3 Å². The van der Waals surface area contributed by atoms with E-state index in [0.29, 0.717) is 31.0 Å². The zero-order valence-electron chi connectivity index (χ0n) is 18.0. The second kappa shape index (κ2) is 9.82. The maximum absolute atomic E-state index is 12.6. The van der Waals surface area contributed by atoms with Crippen LogP contribution < -0.4 is 10.1 Å². The van der Waals surface area contributed by atoms with E-state index >= 15 is 0 Å². The molecule has 2 aliphatic heterocycles. The number of carbonyl (C=O) groups excluding carboxylic acids is 1. The van der Waals surface area contributed by atoms with Crippen LogP contribution in [0.1, 0.15) is 22.7 Å². The highest BCUT2D eigenvalue weighted by Gasteiger charge is 2.46. The van der Waals surface area contributed by atoms with Gasteiger partial charge in [0.05, 0.1) is 13.7 Å². The lowest BCUT2D eigenvalue weighted by Crippen LogP contribution is -2.37. The van der Waals surface area contributed by atoms with Gasteiger partial charge in [0, 0.05) is 37.8 Å². The Balaban J connectivity index is 0.00000256. The van der Waals surface area contributed by atoms with Gasteiger partial charge in [-0.05, 0) is 43.0 Å². The second-order valence-corrected chi connectivity index (χ2v) is 8.45. The van der Waals surface area contributed by atoms with Crippen LogP contribution in [0.4, 0.5) is 0 Å². The molecular formula is C24H32ClN3O2. The molecule has 2 aliphatic rings. The summed E-state index contributed by atoms with van der Waals surface area (Å²) in [6, 6.07) is 17.0. The standard InChI is InChI=1S/C24H31N3O2.ClH/c1-17-8-4-6-10-20(17)24-21-15-27(14-19(21)13-26(24)2)16-23(28)25-12-18-9-5-7-11-22(18)29-3;/h4-11,19,21,24H,12-16H2,1-3H3,(H,25,28);1H/t19-,21+,24-;/m0./s1. The van der Waals surface area contributed by atoms with Gasteiger partial charge < -0.3 is 10.1 Å². The molecule has 162 valence electrons. The highest BCUT2D eigenvalue weighted by atomic mass is 35.5. The first kappa shape index (κ1) is 22.6.